The minimum absolute atomic E-state index is 0.0269. The molecule has 2 aromatic rings. The molecule has 31 heavy (non-hydrogen) atoms. The first-order valence-electron chi connectivity index (χ1n) is 11.6. The summed E-state index contributed by atoms with van der Waals surface area (Å²) in [6, 6.07) is 16.4. The Morgan fingerprint density at radius 1 is 1.23 bits per heavy atom. The van der Waals surface area contributed by atoms with Gasteiger partial charge in [0.1, 0.15) is 11.5 Å². The molecule has 0 aromatic heterocycles. The zero-order chi connectivity index (χ0) is 21.5. The van der Waals surface area contributed by atoms with E-state index in [4.69, 9.17) is 4.74 Å². The molecule has 2 aliphatic rings. The van der Waals surface area contributed by atoms with Crippen molar-refractivity contribution in [2.75, 3.05) is 31.5 Å². The predicted octanol–water partition coefficient (Wildman–Crippen LogP) is 4.92. The lowest BCUT2D eigenvalue weighted by Gasteiger charge is -2.35. The molecule has 1 saturated heterocycles. The van der Waals surface area contributed by atoms with Gasteiger partial charge >= 0.3 is 0 Å². The van der Waals surface area contributed by atoms with Crippen LogP contribution in [0.4, 0.5) is 5.69 Å². The van der Waals surface area contributed by atoms with E-state index in [0.29, 0.717) is 18.7 Å². The summed E-state index contributed by atoms with van der Waals surface area (Å²) in [5.41, 5.74) is 2.63. The zero-order valence-corrected chi connectivity index (χ0v) is 18.4. The number of hydrogen-bond donors (Lipinski definition) is 2. The Morgan fingerprint density at radius 2 is 2.10 bits per heavy atom. The number of carbonyl (C=O) groups excluding carboxylic acids is 1. The molecule has 2 heterocycles. The van der Waals surface area contributed by atoms with Gasteiger partial charge in [-0.2, -0.15) is 0 Å². The molecule has 1 atom stereocenters. The average molecular weight is 420 g/mol. The van der Waals surface area contributed by atoms with Gasteiger partial charge in [-0.3, -0.25) is 4.79 Å². The Morgan fingerprint density at radius 3 is 2.94 bits per heavy atom. The standard InChI is InChI=1S/C26H33N3O2/c1-2-22-11-6-7-15-29(22)16-8-14-27-26(30)21-12-13-25-24(18-21)28-19-23(31-25)17-20-9-4-3-5-10-20/h3-5,9-10,12-13,17-18,22,28H,2,6-8,11,14-16,19H2,1H3,(H,27,30). The van der Waals surface area contributed by atoms with Gasteiger partial charge in [0.25, 0.3) is 5.91 Å². The number of likely N-dealkylation sites (tertiary alicyclic amines) is 1. The van der Waals surface area contributed by atoms with Gasteiger partial charge in [-0.1, -0.05) is 43.7 Å². The number of fused-ring (bicyclic) bond motifs is 1. The molecule has 2 aliphatic heterocycles. The molecule has 1 unspecified atom stereocenters. The SMILES string of the molecule is CCC1CCCCN1CCCNC(=O)c1ccc2c(c1)NCC(=Cc1ccccc1)O2. The summed E-state index contributed by atoms with van der Waals surface area (Å²) in [4.78, 5) is 15.2. The number of hydrogen-bond acceptors (Lipinski definition) is 4. The van der Waals surface area contributed by atoms with Crippen LogP contribution in [0.15, 0.2) is 54.3 Å². The van der Waals surface area contributed by atoms with E-state index < -0.39 is 0 Å². The molecule has 2 aromatic carbocycles. The van der Waals surface area contributed by atoms with Gasteiger partial charge in [-0.15, -0.1) is 0 Å². The molecule has 2 N–H and O–H groups in total. The summed E-state index contributed by atoms with van der Waals surface area (Å²) in [6.07, 6.45) is 8.21. The number of ether oxygens (including phenoxy) is 1. The Kier molecular flexibility index (Phi) is 7.26. The van der Waals surface area contributed by atoms with Crippen molar-refractivity contribution in [2.45, 2.75) is 45.1 Å². The van der Waals surface area contributed by atoms with Gasteiger partial charge in [-0.05, 0) is 62.1 Å². The lowest BCUT2D eigenvalue weighted by atomic mass is 10.00. The van der Waals surface area contributed by atoms with E-state index in [0.717, 1.165) is 41.8 Å². The third-order valence-corrected chi connectivity index (χ3v) is 6.19. The van der Waals surface area contributed by atoms with Crippen molar-refractivity contribution < 1.29 is 9.53 Å². The second kappa shape index (κ2) is 10.5. The first-order valence-corrected chi connectivity index (χ1v) is 11.6. The maximum Gasteiger partial charge on any atom is 0.251 e. The van der Waals surface area contributed by atoms with E-state index in [1.165, 1.54) is 32.2 Å². The summed E-state index contributed by atoms with van der Waals surface area (Å²) in [6.45, 7) is 5.84. The fraction of sp³-hybridized carbons (Fsp3) is 0.423. The Bertz CT molecular complexity index is 910. The third kappa shape index (κ3) is 5.67. The van der Waals surface area contributed by atoms with Crippen LogP contribution in [0, 0.1) is 0 Å². The van der Waals surface area contributed by atoms with Crippen molar-refractivity contribution in [3.63, 3.8) is 0 Å². The van der Waals surface area contributed by atoms with Gasteiger partial charge in [0.2, 0.25) is 0 Å². The number of nitrogens with zero attached hydrogens (tertiary/aromatic N) is 1. The minimum Gasteiger partial charge on any atom is -0.458 e. The van der Waals surface area contributed by atoms with E-state index in [1.54, 1.807) is 0 Å². The van der Waals surface area contributed by atoms with Gasteiger partial charge in [0, 0.05) is 24.7 Å². The van der Waals surface area contributed by atoms with E-state index in [2.05, 4.69) is 22.5 Å². The molecule has 0 saturated carbocycles. The van der Waals surface area contributed by atoms with Crippen molar-refractivity contribution in [2.24, 2.45) is 0 Å². The van der Waals surface area contributed by atoms with Crippen LogP contribution >= 0.6 is 0 Å². The number of piperidine rings is 1. The lowest BCUT2D eigenvalue weighted by Crippen LogP contribution is -2.40. The van der Waals surface area contributed by atoms with E-state index in [9.17, 15) is 4.79 Å². The summed E-state index contributed by atoms with van der Waals surface area (Å²) in [5.74, 6) is 1.58. The third-order valence-electron chi connectivity index (χ3n) is 6.19. The highest BCUT2D eigenvalue weighted by Crippen LogP contribution is 2.31. The number of nitrogens with one attached hydrogen (secondary N) is 2. The van der Waals surface area contributed by atoms with Crippen LogP contribution in [0.5, 0.6) is 5.75 Å². The molecule has 4 rings (SSSR count). The second-order valence-corrected chi connectivity index (χ2v) is 8.39. The first kappa shape index (κ1) is 21.4. The van der Waals surface area contributed by atoms with Crippen LogP contribution in [0.2, 0.25) is 0 Å². The molecular formula is C26H33N3O2. The van der Waals surface area contributed by atoms with E-state index in [1.807, 2.05) is 54.6 Å². The van der Waals surface area contributed by atoms with Crippen LogP contribution in [-0.4, -0.2) is 43.0 Å². The number of benzene rings is 2. The van der Waals surface area contributed by atoms with Gasteiger partial charge < -0.3 is 20.3 Å². The molecule has 0 aliphatic carbocycles. The minimum atomic E-state index is -0.0269. The number of anilines is 1. The number of rotatable bonds is 7. The molecule has 5 nitrogen and oxygen atoms in total. The molecule has 164 valence electrons. The quantitative estimate of drug-likeness (QED) is 0.626. The van der Waals surface area contributed by atoms with Crippen LogP contribution in [0.25, 0.3) is 6.08 Å². The Balaban J connectivity index is 1.28. The normalized spacial score (nSPS) is 19.9. The zero-order valence-electron chi connectivity index (χ0n) is 18.4. The summed E-state index contributed by atoms with van der Waals surface area (Å²) >= 11 is 0. The Labute approximate surface area is 185 Å². The summed E-state index contributed by atoms with van der Waals surface area (Å²) in [7, 11) is 0. The van der Waals surface area contributed by atoms with Crippen LogP contribution in [0.3, 0.4) is 0 Å². The monoisotopic (exact) mass is 419 g/mol. The molecule has 1 fully saturated rings. The van der Waals surface area contributed by atoms with E-state index >= 15 is 0 Å². The smallest absolute Gasteiger partial charge is 0.251 e. The maximum absolute atomic E-state index is 12.6. The van der Waals surface area contributed by atoms with Gasteiger partial charge in [0.05, 0.1) is 12.2 Å². The molecule has 1 amide bonds. The molecular weight excluding hydrogens is 386 g/mol. The largest absolute Gasteiger partial charge is 0.458 e. The van der Waals surface area contributed by atoms with Crippen LogP contribution in [-0.2, 0) is 0 Å². The van der Waals surface area contributed by atoms with E-state index in [-0.39, 0.29) is 5.91 Å². The summed E-state index contributed by atoms with van der Waals surface area (Å²) in [5, 5.41) is 6.44. The van der Waals surface area contributed by atoms with Crippen molar-refractivity contribution in [1.82, 2.24) is 10.2 Å². The predicted molar refractivity (Wildman–Crippen MR) is 126 cm³/mol. The van der Waals surface area contributed by atoms with Crippen LogP contribution in [0.1, 0.15) is 54.9 Å². The van der Waals surface area contributed by atoms with Gasteiger partial charge in [0.15, 0.2) is 0 Å². The topological polar surface area (TPSA) is 53.6 Å². The van der Waals surface area contributed by atoms with Gasteiger partial charge in [-0.25, -0.2) is 0 Å². The molecule has 0 radical (unpaired) electrons. The highest BCUT2D eigenvalue weighted by Gasteiger charge is 2.20. The molecule has 5 heteroatoms. The number of carbonyl (C=O) groups is 1. The Hall–Kier alpha value is -2.79. The fourth-order valence-corrected chi connectivity index (χ4v) is 4.48. The highest BCUT2D eigenvalue weighted by molar-refractivity contribution is 5.95. The maximum atomic E-state index is 12.6. The second-order valence-electron chi connectivity index (χ2n) is 8.39. The van der Waals surface area contributed by atoms with Crippen molar-refractivity contribution >= 4 is 17.7 Å². The first-order chi connectivity index (χ1) is 15.2. The molecule has 0 spiro atoms. The highest BCUT2D eigenvalue weighted by atomic mass is 16.5. The van der Waals surface area contributed by atoms with Crippen molar-refractivity contribution in [1.29, 1.82) is 0 Å². The van der Waals surface area contributed by atoms with Crippen LogP contribution < -0.4 is 15.4 Å². The lowest BCUT2D eigenvalue weighted by molar-refractivity contribution is 0.0947. The van der Waals surface area contributed by atoms with Crippen molar-refractivity contribution in [3.8, 4) is 5.75 Å². The fourth-order valence-electron chi connectivity index (χ4n) is 4.48. The van der Waals surface area contributed by atoms with Crippen molar-refractivity contribution in [3.05, 3.63) is 65.4 Å². The average Bonchev–Trinajstić information content (AvgIpc) is 2.82. The number of amides is 1. The molecule has 0 bridgehead atoms. The summed E-state index contributed by atoms with van der Waals surface area (Å²) < 4.78 is 6.02.